The standard InChI is InChI=1S/C18H23NS/c1-4-11-20-18(15-8-6-5-7-14(15)3)16-12-13(2)9-10-17(16)19/h5-10,12,18H,4,11,19H2,1-3H3. The summed E-state index contributed by atoms with van der Waals surface area (Å²) >= 11 is 1.98. The van der Waals surface area contributed by atoms with E-state index in [2.05, 4.69) is 57.2 Å². The van der Waals surface area contributed by atoms with E-state index in [1.165, 1.54) is 28.7 Å². The summed E-state index contributed by atoms with van der Waals surface area (Å²) in [7, 11) is 0. The van der Waals surface area contributed by atoms with E-state index in [-0.39, 0.29) is 0 Å². The minimum Gasteiger partial charge on any atom is -0.398 e. The Balaban J connectivity index is 2.47. The van der Waals surface area contributed by atoms with E-state index < -0.39 is 0 Å². The first kappa shape index (κ1) is 15.0. The van der Waals surface area contributed by atoms with Gasteiger partial charge in [0.05, 0.1) is 5.25 Å². The number of thioether (sulfide) groups is 1. The molecule has 1 nitrogen and oxygen atoms in total. The highest BCUT2D eigenvalue weighted by Crippen LogP contribution is 2.40. The molecule has 0 bridgehead atoms. The lowest BCUT2D eigenvalue weighted by Gasteiger charge is -2.21. The van der Waals surface area contributed by atoms with Crippen molar-refractivity contribution in [2.24, 2.45) is 0 Å². The van der Waals surface area contributed by atoms with Gasteiger partial charge in [-0.25, -0.2) is 0 Å². The fourth-order valence-electron chi connectivity index (χ4n) is 2.38. The van der Waals surface area contributed by atoms with Crippen LogP contribution in [-0.4, -0.2) is 5.75 Å². The van der Waals surface area contributed by atoms with E-state index in [0.29, 0.717) is 5.25 Å². The number of aryl methyl sites for hydroxylation is 2. The molecule has 0 radical (unpaired) electrons. The highest BCUT2D eigenvalue weighted by atomic mass is 32.2. The van der Waals surface area contributed by atoms with Crippen LogP contribution in [0.4, 0.5) is 5.69 Å². The maximum Gasteiger partial charge on any atom is 0.0569 e. The van der Waals surface area contributed by atoms with Gasteiger partial charge in [-0.3, -0.25) is 0 Å². The third-order valence-corrected chi connectivity index (χ3v) is 4.97. The highest BCUT2D eigenvalue weighted by molar-refractivity contribution is 7.99. The molecule has 0 heterocycles. The van der Waals surface area contributed by atoms with Gasteiger partial charge in [0.1, 0.15) is 0 Å². The van der Waals surface area contributed by atoms with Crippen molar-refractivity contribution in [3.8, 4) is 0 Å². The van der Waals surface area contributed by atoms with Crippen LogP contribution >= 0.6 is 11.8 Å². The summed E-state index contributed by atoms with van der Waals surface area (Å²) in [5.74, 6) is 1.15. The molecule has 0 saturated carbocycles. The van der Waals surface area contributed by atoms with Crippen molar-refractivity contribution in [1.29, 1.82) is 0 Å². The lowest BCUT2D eigenvalue weighted by molar-refractivity contribution is 1.07. The summed E-state index contributed by atoms with van der Waals surface area (Å²) in [6, 6.07) is 15.0. The van der Waals surface area contributed by atoms with Gasteiger partial charge < -0.3 is 5.73 Å². The van der Waals surface area contributed by atoms with Crippen molar-refractivity contribution in [2.45, 2.75) is 32.4 Å². The normalized spacial score (nSPS) is 12.3. The average Bonchev–Trinajstić information content (AvgIpc) is 2.44. The molecule has 2 aromatic carbocycles. The molecule has 20 heavy (non-hydrogen) atoms. The van der Waals surface area contributed by atoms with E-state index in [4.69, 9.17) is 5.73 Å². The van der Waals surface area contributed by atoms with Crippen LogP contribution in [0.15, 0.2) is 42.5 Å². The molecular weight excluding hydrogens is 262 g/mol. The predicted molar refractivity (Wildman–Crippen MR) is 91.4 cm³/mol. The van der Waals surface area contributed by atoms with Crippen molar-refractivity contribution in [3.05, 3.63) is 64.7 Å². The average molecular weight is 285 g/mol. The third-order valence-electron chi connectivity index (χ3n) is 3.48. The minimum atomic E-state index is 0.330. The molecule has 0 amide bonds. The minimum absolute atomic E-state index is 0.330. The van der Waals surface area contributed by atoms with Crippen molar-refractivity contribution in [3.63, 3.8) is 0 Å². The van der Waals surface area contributed by atoms with Crippen LogP contribution in [0, 0.1) is 13.8 Å². The molecule has 1 atom stereocenters. The summed E-state index contributed by atoms with van der Waals surface area (Å²) in [5, 5.41) is 0.330. The van der Waals surface area contributed by atoms with Crippen LogP contribution in [-0.2, 0) is 0 Å². The van der Waals surface area contributed by atoms with Gasteiger partial charge in [0.2, 0.25) is 0 Å². The number of rotatable bonds is 5. The Kier molecular flexibility index (Phi) is 5.13. The highest BCUT2D eigenvalue weighted by Gasteiger charge is 2.18. The van der Waals surface area contributed by atoms with Gasteiger partial charge in [-0.05, 0) is 48.8 Å². The van der Waals surface area contributed by atoms with Crippen molar-refractivity contribution in [2.75, 3.05) is 11.5 Å². The van der Waals surface area contributed by atoms with Crippen LogP contribution in [0.1, 0.15) is 40.8 Å². The Labute approximate surface area is 126 Å². The van der Waals surface area contributed by atoms with Crippen molar-refractivity contribution in [1.82, 2.24) is 0 Å². The lowest BCUT2D eigenvalue weighted by Crippen LogP contribution is -2.04. The first-order valence-corrected chi connectivity index (χ1v) is 8.21. The summed E-state index contributed by atoms with van der Waals surface area (Å²) in [6.45, 7) is 6.53. The number of nitrogen functional groups attached to an aromatic ring is 1. The van der Waals surface area contributed by atoms with Gasteiger partial charge in [-0.1, -0.05) is 48.9 Å². The molecule has 0 fully saturated rings. The lowest BCUT2D eigenvalue weighted by atomic mass is 9.97. The summed E-state index contributed by atoms with van der Waals surface area (Å²) in [6.07, 6.45) is 1.18. The number of hydrogen-bond acceptors (Lipinski definition) is 2. The van der Waals surface area contributed by atoms with Gasteiger partial charge in [-0.2, -0.15) is 0 Å². The van der Waals surface area contributed by atoms with Gasteiger partial charge in [0.15, 0.2) is 0 Å². The number of anilines is 1. The SMILES string of the molecule is CCCSC(c1ccccc1C)c1cc(C)ccc1N. The summed E-state index contributed by atoms with van der Waals surface area (Å²) < 4.78 is 0. The van der Waals surface area contributed by atoms with Crippen LogP contribution < -0.4 is 5.73 Å². The predicted octanol–water partition coefficient (Wildman–Crippen LogP) is 5.12. The third kappa shape index (κ3) is 3.37. The second-order valence-electron chi connectivity index (χ2n) is 5.24. The smallest absolute Gasteiger partial charge is 0.0569 e. The Bertz CT molecular complexity index is 577. The van der Waals surface area contributed by atoms with Gasteiger partial charge in [-0.15, -0.1) is 11.8 Å². The fourth-order valence-corrected chi connectivity index (χ4v) is 3.68. The Morgan fingerprint density at radius 2 is 1.80 bits per heavy atom. The molecule has 0 aliphatic heterocycles. The van der Waals surface area contributed by atoms with Crippen molar-refractivity contribution >= 4 is 17.4 Å². The first-order chi connectivity index (χ1) is 9.63. The number of nitrogens with two attached hydrogens (primary N) is 1. The molecule has 1 unspecified atom stereocenters. The van der Waals surface area contributed by atoms with Crippen LogP contribution in [0.25, 0.3) is 0 Å². The molecule has 2 N–H and O–H groups in total. The maximum atomic E-state index is 6.24. The monoisotopic (exact) mass is 285 g/mol. The first-order valence-electron chi connectivity index (χ1n) is 7.16. The Hall–Kier alpha value is -1.41. The largest absolute Gasteiger partial charge is 0.398 e. The van der Waals surface area contributed by atoms with Crippen molar-refractivity contribution < 1.29 is 0 Å². The quantitative estimate of drug-likeness (QED) is 0.772. The Morgan fingerprint density at radius 1 is 1.05 bits per heavy atom. The van der Waals surface area contributed by atoms with E-state index in [1.807, 2.05) is 17.8 Å². The Morgan fingerprint density at radius 3 is 2.50 bits per heavy atom. The summed E-state index contributed by atoms with van der Waals surface area (Å²) in [4.78, 5) is 0. The number of hydrogen-bond donors (Lipinski definition) is 1. The zero-order valence-corrected chi connectivity index (χ0v) is 13.3. The topological polar surface area (TPSA) is 26.0 Å². The van der Waals surface area contributed by atoms with E-state index in [0.717, 1.165) is 11.4 Å². The zero-order valence-electron chi connectivity index (χ0n) is 12.5. The zero-order chi connectivity index (χ0) is 14.5. The van der Waals surface area contributed by atoms with Gasteiger partial charge in [0, 0.05) is 5.69 Å². The van der Waals surface area contributed by atoms with E-state index >= 15 is 0 Å². The van der Waals surface area contributed by atoms with Crippen LogP contribution in [0.5, 0.6) is 0 Å². The fraction of sp³-hybridized carbons (Fsp3) is 0.333. The molecule has 106 valence electrons. The molecule has 0 aliphatic carbocycles. The molecule has 2 heteroatoms. The van der Waals surface area contributed by atoms with Crippen LogP contribution in [0.2, 0.25) is 0 Å². The molecule has 0 saturated heterocycles. The molecule has 0 aromatic heterocycles. The van der Waals surface area contributed by atoms with E-state index in [1.54, 1.807) is 0 Å². The molecule has 0 aliphatic rings. The van der Waals surface area contributed by atoms with Gasteiger partial charge >= 0.3 is 0 Å². The second-order valence-corrected chi connectivity index (χ2v) is 6.45. The van der Waals surface area contributed by atoms with Crippen LogP contribution in [0.3, 0.4) is 0 Å². The van der Waals surface area contributed by atoms with Gasteiger partial charge in [0.25, 0.3) is 0 Å². The molecule has 0 spiro atoms. The molecular formula is C18H23NS. The summed E-state index contributed by atoms with van der Waals surface area (Å²) in [5.41, 5.74) is 12.4. The maximum absolute atomic E-state index is 6.24. The molecule has 2 aromatic rings. The second kappa shape index (κ2) is 6.85. The molecule has 2 rings (SSSR count). The van der Waals surface area contributed by atoms with E-state index in [9.17, 15) is 0 Å². The number of benzene rings is 2.